The number of carbonyl (C=O) groups is 2. The highest BCUT2D eigenvalue weighted by Gasteiger charge is 2.57. The summed E-state index contributed by atoms with van der Waals surface area (Å²) in [7, 11) is 0. The summed E-state index contributed by atoms with van der Waals surface area (Å²) in [5.41, 5.74) is 0.00767. The number of aliphatic hydroxyl groups is 1. The van der Waals surface area contributed by atoms with E-state index in [-0.39, 0.29) is 28.7 Å². The Balaban J connectivity index is 1.85. The monoisotopic (exact) mass is 509 g/mol. The molecule has 1 atom stereocenters. The Morgan fingerprint density at radius 3 is 2.40 bits per heavy atom. The molecule has 4 rings (SSSR count). The number of anilines is 1. The first-order valence-electron chi connectivity index (χ1n) is 11.5. The van der Waals surface area contributed by atoms with Crippen LogP contribution in [0.25, 0.3) is 0 Å². The van der Waals surface area contributed by atoms with Crippen molar-refractivity contribution >= 4 is 29.1 Å². The van der Waals surface area contributed by atoms with Gasteiger partial charge in [-0.05, 0) is 50.0 Å². The Morgan fingerprint density at radius 1 is 1.23 bits per heavy atom. The Kier molecular flexibility index (Phi) is 6.63. The fourth-order valence-electron chi connectivity index (χ4n) is 5.33. The number of halogens is 4. The zero-order chi connectivity index (χ0) is 25.7. The number of nitrogens with two attached hydrogens (primary N) is 1. The molecule has 2 amide bonds. The fourth-order valence-corrected chi connectivity index (χ4v) is 5.60. The highest BCUT2D eigenvalue weighted by molar-refractivity contribution is 6.32. The quantitative estimate of drug-likeness (QED) is 0.587. The number of alkyl halides is 3. The predicted molar refractivity (Wildman–Crippen MR) is 126 cm³/mol. The van der Waals surface area contributed by atoms with Crippen LogP contribution in [0.3, 0.4) is 0 Å². The summed E-state index contributed by atoms with van der Waals surface area (Å²) in [6.45, 7) is 5.98. The summed E-state index contributed by atoms with van der Waals surface area (Å²) >= 11 is 6.26. The molecule has 2 aliphatic rings. The molecule has 35 heavy (non-hydrogen) atoms. The molecule has 1 aliphatic carbocycles. The van der Waals surface area contributed by atoms with Crippen LogP contribution in [0, 0.1) is 5.92 Å². The molecule has 10 heteroatoms. The van der Waals surface area contributed by atoms with E-state index in [1.54, 1.807) is 6.07 Å². The van der Waals surface area contributed by atoms with Gasteiger partial charge in [0.05, 0.1) is 11.3 Å². The molecule has 0 radical (unpaired) electrons. The second-order valence-electron chi connectivity index (χ2n) is 9.10. The number of nitrogens with zero attached hydrogens (tertiary/aromatic N) is 2. The zero-order valence-corrected chi connectivity index (χ0v) is 20.2. The molecule has 0 bridgehead atoms. The van der Waals surface area contributed by atoms with E-state index in [0.29, 0.717) is 12.1 Å². The van der Waals surface area contributed by atoms with Crippen molar-refractivity contribution in [3.63, 3.8) is 0 Å². The van der Waals surface area contributed by atoms with Crippen LogP contribution < -0.4 is 10.6 Å². The Morgan fingerprint density at radius 2 is 1.86 bits per heavy atom. The first-order chi connectivity index (χ1) is 16.4. The second kappa shape index (κ2) is 9.11. The molecule has 0 saturated heterocycles. The molecule has 0 aromatic heterocycles. The van der Waals surface area contributed by atoms with Crippen LogP contribution in [-0.4, -0.2) is 47.5 Å². The van der Waals surface area contributed by atoms with Crippen molar-refractivity contribution in [2.24, 2.45) is 11.7 Å². The molecule has 2 aromatic carbocycles. The molecule has 1 saturated carbocycles. The van der Waals surface area contributed by atoms with Crippen molar-refractivity contribution in [3.05, 3.63) is 63.7 Å². The Hall–Kier alpha value is -2.62. The number of carbonyl (C=O) groups excluding carboxylic acids is 2. The van der Waals surface area contributed by atoms with Crippen LogP contribution in [0.2, 0.25) is 5.02 Å². The van der Waals surface area contributed by atoms with E-state index in [1.165, 1.54) is 18.2 Å². The maximum absolute atomic E-state index is 14.2. The normalized spacial score (nSPS) is 24.0. The van der Waals surface area contributed by atoms with Crippen molar-refractivity contribution in [2.75, 3.05) is 24.5 Å². The van der Waals surface area contributed by atoms with Crippen LogP contribution in [0.15, 0.2) is 36.4 Å². The minimum absolute atomic E-state index is 0.0255. The van der Waals surface area contributed by atoms with E-state index >= 15 is 0 Å². The van der Waals surface area contributed by atoms with E-state index in [0.717, 1.165) is 36.9 Å². The van der Waals surface area contributed by atoms with Crippen molar-refractivity contribution < 1.29 is 27.9 Å². The lowest BCUT2D eigenvalue weighted by atomic mass is 9.78. The van der Waals surface area contributed by atoms with Gasteiger partial charge in [0.15, 0.2) is 5.60 Å². The summed E-state index contributed by atoms with van der Waals surface area (Å²) in [6, 6.07) is 7.83. The average Bonchev–Trinajstić information content (AvgIpc) is 2.99. The minimum atomic E-state index is -4.97. The molecule has 1 fully saturated rings. The number of rotatable bonds is 7. The van der Waals surface area contributed by atoms with E-state index in [9.17, 15) is 27.9 Å². The number of primary amides is 1. The summed E-state index contributed by atoms with van der Waals surface area (Å²) in [4.78, 5) is 29.1. The van der Waals surface area contributed by atoms with Gasteiger partial charge in [0.25, 0.3) is 5.91 Å². The van der Waals surface area contributed by atoms with Gasteiger partial charge in [-0.2, -0.15) is 13.2 Å². The van der Waals surface area contributed by atoms with E-state index in [1.807, 2.05) is 0 Å². The zero-order valence-electron chi connectivity index (χ0n) is 19.4. The highest BCUT2D eigenvalue weighted by Crippen LogP contribution is 2.52. The van der Waals surface area contributed by atoms with Gasteiger partial charge in [0, 0.05) is 34.3 Å². The van der Waals surface area contributed by atoms with Crippen molar-refractivity contribution in [1.29, 1.82) is 0 Å². The summed E-state index contributed by atoms with van der Waals surface area (Å²) in [5, 5.41) is 11.7. The first kappa shape index (κ1) is 25.5. The van der Waals surface area contributed by atoms with Crippen LogP contribution in [-0.2, 0) is 16.6 Å². The van der Waals surface area contributed by atoms with E-state index in [4.69, 9.17) is 17.3 Å². The molecular weight excluding hydrogens is 483 g/mol. The Labute approximate surface area is 206 Å². The third-order valence-corrected chi connectivity index (χ3v) is 7.49. The number of hydrogen-bond donors (Lipinski definition) is 2. The standard InChI is InChI=1S/C25H27ClF3N3O3/c1-3-31(4-2)16-9-14(10-16)13-32-20-12-15(22(30)33)11-18(25(27,28)29)21(20)24(35,23(32)34)17-7-5-6-8-19(17)26/h5-8,11-12,14,16,35H,3-4,9-10,13H2,1-2H3,(H2,30,33)/t14-,16-,24?. The molecule has 188 valence electrons. The Bertz CT molecular complexity index is 1160. The molecule has 1 heterocycles. The lowest BCUT2D eigenvalue weighted by Crippen LogP contribution is -2.50. The van der Waals surface area contributed by atoms with Crippen molar-refractivity contribution in [3.8, 4) is 0 Å². The van der Waals surface area contributed by atoms with Gasteiger partial charge in [0.1, 0.15) is 0 Å². The van der Waals surface area contributed by atoms with Gasteiger partial charge in [-0.3, -0.25) is 9.59 Å². The summed E-state index contributed by atoms with van der Waals surface area (Å²) in [6.07, 6.45) is -3.43. The van der Waals surface area contributed by atoms with Crippen LogP contribution in [0.4, 0.5) is 18.9 Å². The van der Waals surface area contributed by atoms with Gasteiger partial charge in [-0.1, -0.05) is 43.6 Å². The largest absolute Gasteiger partial charge is 0.416 e. The molecule has 1 aliphatic heterocycles. The average molecular weight is 510 g/mol. The third-order valence-electron chi connectivity index (χ3n) is 7.16. The predicted octanol–water partition coefficient (Wildman–Crippen LogP) is 4.16. The number of hydrogen-bond acceptors (Lipinski definition) is 4. The van der Waals surface area contributed by atoms with Gasteiger partial charge in [-0.15, -0.1) is 0 Å². The van der Waals surface area contributed by atoms with Crippen molar-refractivity contribution in [2.45, 2.75) is 44.5 Å². The van der Waals surface area contributed by atoms with Crippen LogP contribution in [0.5, 0.6) is 0 Å². The highest BCUT2D eigenvalue weighted by atomic mass is 35.5. The topological polar surface area (TPSA) is 86.9 Å². The third kappa shape index (κ3) is 4.19. The molecule has 3 N–H and O–H groups in total. The smallest absolute Gasteiger partial charge is 0.372 e. The molecular formula is C25H27ClF3N3O3. The first-order valence-corrected chi connectivity index (χ1v) is 11.9. The maximum atomic E-state index is 14.2. The number of amides is 2. The maximum Gasteiger partial charge on any atom is 0.416 e. The lowest BCUT2D eigenvalue weighted by molar-refractivity contribution is -0.142. The van der Waals surface area contributed by atoms with E-state index < -0.39 is 40.3 Å². The second-order valence-corrected chi connectivity index (χ2v) is 9.51. The van der Waals surface area contributed by atoms with Gasteiger partial charge in [0.2, 0.25) is 5.91 Å². The van der Waals surface area contributed by atoms with E-state index in [2.05, 4.69) is 18.7 Å². The molecule has 1 unspecified atom stereocenters. The lowest BCUT2D eigenvalue weighted by Gasteiger charge is -2.43. The summed E-state index contributed by atoms with van der Waals surface area (Å²) in [5.74, 6) is -1.97. The molecule has 6 nitrogen and oxygen atoms in total. The fraction of sp³-hybridized carbons (Fsp3) is 0.440. The van der Waals surface area contributed by atoms with Crippen LogP contribution >= 0.6 is 11.6 Å². The summed E-state index contributed by atoms with van der Waals surface area (Å²) < 4.78 is 42.7. The van der Waals surface area contributed by atoms with Gasteiger partial charge < -0.3 is 20.6 Å². The minimum Gasteiger partial charge on any atom is -0.372 e. The number of benzene rings is 2. The van der Waals surface area contributed by atoms with Gasteiger partial charge >= 0.3 is 6.18 Å². The molecule has 2 aromatic rings. The number of fused-ring (bicyclic) bond motifs is 1. The van der Waals surface area contributed by atoms with Crippen molar-refractivity contribution in [1.82, 2.24) is 4.90 Å². The van der Waals surface area contributed by atoms with Gasteiger partial charge in [-0.25, -0.2) is 0 Å². The van der Waals surface area contributed by atoms with Crippen LogP contribution in [0.1, 0.15) is 53.7 Å². The SMILES string of the molecule is CCN(CC)[C@H]1C[C@H](CN2C(=O)C(O)(c3ccccc3Cl)c3c2cc(C(N)=O)cc3C(F)(F)F)C1. The molecule has 0 spiro atoms.